The number of hydrogen-bond donors (Lipinski definition) is 1. The van der Waals surface area contributed by atoms with E-state index in [0.717, 1.165) is 12.2 Å². The second kappa shape index (κ2) is 6.94. The van der Waals surface area contributed by atoms with Gasteiger partial charge in [0, 0.05) is 18.0 Å². The van der Waals surface area contributed by atoms with Crippen LogP contribution < -0.4 is 10.1 Å². The van der Waals surface area contributed by atoms with Gasteiger partial charge in [0.1, 0.15) is 11.6 Å². The predicted octanol–water partition coefficient (Wildman–Crippen LogP) is 3.64. The van der Waals surface area contributed by atoms with Gasteiger partial charge in [-0.3, -0.25) is 0 Å². The van der Waals surface area contributed by atoms with Crippen molar-refractivity contribution in [2.75, 3.05) is 17.8 Å². The summed E-state index contributed by atoms with van der Waals surface area (Å²) in [6, 6.07) is 2.09. The Labute approximate surface area is 120 Å². The van der Waals surface area contributed by atoms with Crippen molar-refractivity contribution < 1.29 is 4.74 Å². The van der Waals surface area contributed by atoms with Gasteiger partial charge in [-0.05, 0) is 25.7 Å². The van der Waals surface area contributed by atoms with Crippen LogP contribution in [0.25, 0.3) is 0 Å². The van der Waals surface area contributed by atoms with Gasteiger partial charge in [-0.1, -0.05) is 20.8 Å². The minimum atomic E-state index is 0.111. The lowest BCUT2D eigenvalue weighted by molar-refractivity contribution is 0.323. The molecule has 1 atom stereocenters. The van der Waals surface area contributed by atoms with Crippen molar-refractivity contribution in [2.24, 2.45) is 5.41 Å². The molecule has 1 unspecified atom stereocenters. The van der Waals surface area contributed by atoms with E-state index < -0.39 is 0 Å². The Balaban J connectivity index is 2.89. The van der Waals surface area contributed by atoms with Gasteiger partial charge in [-0.2, -0.15) is 4.98 Å². The highest BCUT2D eigenvalue weighted by molar-refractivity contribution is 6.17. The molecular formula is C14H24ClN3O. The van der Waals surface area contributed by atoms with Crippen LogP contribution in [-0.2, 0) is 0 Å². The summed E-state index contributed by atoms with van der Waals surface area (Å²) in [6.45, 7) is 11.0. The van der Waals surface area contributed by atoms with Gasteiger partial charge in [-0.25, -0.2) is 4.98 Å². The van der Waals surface area contributed by atoms with Gasteiger partial charge >= 0.3 is 0 Å². The zero-order valence-electron chi connectivity index (χ0n) is 12.5. The molecule has 0 spiro atoms. The van der Waals surface area contributed by atoms with Gasteiger partial charge in [0.05, 0.1) is 6.61 Å². The Morgan fingerprint density at radius 1 is 1.37 bits per heavy atom. The first kappa shape index (κ1) is 16.0. The molecule has 0 aliphatic heterocycles. The van der Waals surface area contributed by atoms with Crippen molar-refractivity contribution in [1.29, 1.82) is 0 Å². The molecule has 0 aromatic carbocycles. The Morgan fingerprint density at radius 3 is 2.58 bits per heavy atom. The molecule has 0 fully saturated rings. The van der Waals surface area contributed by atoms with Crippen LogP contribution in [0.2, 0.25) is 0 Å². The molecule has 0 radical (unpaired) electrons. The third-order valence-electron chi connectivity index (χ3n) is 2.87. The monoisotopic (exact) mass is 285 g/mol. The summed E-state index contributed by atoms with van der Waals surface area (Å²) in [4.78, 5) is 8.65. The highest BCUT2D eigenvalue weighted by Gasteiger charge is 2.24. The summed E-state index contributed by atoms with van der Waals surface area (Å²) in [5.74, 6) is 2.72. The van der Waals surface area contributed by atoms with Crippen LogP contribution in [0.15, 0.2) is 6.07 Å². The lowest BCUT2D eigenvalue weighted by atomic mass is 9.85. The zero-order chi connectivity index (χ0) is 14.5. The first-order chi connectivity index (χ1) is 8.86. The van der Waals surface area contributed by atoms with Crippen molar-refractivity contribution in [3.8, 4) is 5.88 Å². The summed E-state index contributed by atoms with van der Waals surface area (Å²) in [5, 5.41) is 3.44. The number of aromatic nitrogens is 2. The summed E-state index contributed by atoms with van der Waals surface area (Å²) in [7, 11) is 0. The molecule has 0 aliphatic rings. The molecule has 108 valence electrons. The summed E-state index contributed by atoms with van der Waals surface area (Å²) in [6.07, 6.45) is 0.887. The van der Waals surface area contributed by atoms with E-state index in [1.807, 2.05) is 19.9 Å². The SMILES string of the molecule is CCOc1cc(NC(CCCl)C(C)(C)C)nc(C)n1. The number of ether oxygens (including phenoxy) is 1. The molecule has 1 aromatic heterocycles. The van der Waals surface area contributed by atoms with Gasteiger partial charge in [-0.15, -0.1) is 11.6 Å². The molecule has 0 saturated heterocycles. The van der Waals surface area contributed by atoms with Crippen LogP contribution in [-0.4, -0.2) is 28.5 Å². The summed E-state index contributed by atoms with van der Waals surface area (Å²) < 4.78 is 5.44. The first-order valence-corrected chi connectivity index (χ1v) is 7.21. The van der Waals surface area contributed by atoms with E-state index in [4.69, 9.17) is 16.3 Å². The first-order valence-electron chi connectivity index (χ1n) is 6.67. The molecule has 1 aromatic rings. The molecule has 1 N–H and O–H groups in total. The van der Waals surface area contributed by atoms with Crippen molar-refractivity contribution >= 4 is 17.4 Å². The standard InChI is InChI=1S/C14H24ClN3O/c1-6-19-13-9-12(16-10(2)17-13)18-11(7-8-15)14(3,4)5/h9,11H,6-8H2,1-5H3,(H,16,17,18). The number of hydrogen-bond acceptors (Lipinski definition) is 4. The maximum absolute atomic E-state index is 5.88. The predicted molar refractivity (Wildman–Crippen MR) is 80.1 cm³/mol. The van der Waals surface area contributed by atoms with Crippen LogP contribution in [0, 0.1) is 12.3 Å². The number of alkyl halides is 1. The van der Waals surface area contributed by atoms with Crippen molar-refractivity contribution in [2.45, 2.75) is 47.1 Å². The molecule has 19 heavy (non-hydrogen) atoms. The van der Waals surface area contributed by atoms with E-state index in [0.29, 0.717) is 24.2 Å². The van der Waals surface area contributed by atoms with Crippen molar-refractivity contribution in [3.05, 3.63) is 11.9 Å². The average molecular weight is 286 g/mol. The number of aryl methyl sites for hydroxylation is 1. The molecule has 1 rings (SSSR count). The maximum atomic E-state index is 5.88. The number of nitrogens with zero attached hydrogens (tertiary/aromatic N) is 2. The molecule has 4 nitrogen and oxygen atoms in total. The summed E-state index contributed by atoms with van der Waals surface area (Å²) >= 11 is 5.88. The van der Waals surface area contributed by atoms with Crippen LogP contribution in [0.1, 0.15) is 39.9 Å². The number of nitrogens with one attached hydrogen (secondary N) is 1. The van der Waals surface area contributed by atoms with Gasteiger partial charge < -0.3 is 10.1 Å². The molecule has 0 bridgehead atoms. The molecule has 0 saturated carbocycles. The van der Waals surface area contributed by atoms with Gasteiger partial charge in [0.15, 0.2) is 0 Å². The zero-order valence-corrected chi connectivity index (χ0v) is 13.2. The Kier molecular flexibility index (Phi) is 5.85. The van der Waals surface area contributed by atoms with E-state index in [2.05, 4.69) is 36.1 Å². The number of rotatable bonds is 6. The van der Waals surface area contributed by atoms with E-state index in [1.54, 1.807) is 0 Å². The average Bonchev–Trinajstić information content (AvgIpc) is 2.27. The number of anilines is 1. The highest BCUT2D eigenvalue weighted by Crippen LogP contribution is 2.26. The second-order valence-electron chi connectivity index (χ2n) is 5.61. The van der Waals surface area contributed by atoms with Gasteiger partial charge in [0.2, 0.25) is 5.88 Å². The lowest BCUT2D eigenvalue weighted by Gasteiger charge is -2.31. The minimum absolute atomic E-state index is 0.111. The molecule has 5 heteroatoms. The fourth-order valence-electron chi connectivity index (χ4n) is 1.85. The smallest absolute Gasteiger partial charge is 0.218 e. The highest BCUT2D eigenvalue weighted by atomic mass is 35.5. The van der Waals surface area contributed by atoms with Crippen LogP contribution in [0.4, 0.5) is 5.82 Å². The Bertz CT molecular complexity index is 404. The van der Waals surface area contributed by atoms with E-state index >= 15 is 0 Å². The molecule has 0 amide bonds. The molecule has 1 heterocycles. The molecule has 0 aliphatic carbocycles. The van der Waals surface area contributed by atoms with Crippen LogP contribution in [0.3, 0.4) is 0 Å². The lowest BCUT2D eigenvalue weighted by Crippen LogP contribution is -2.34. The normalized spacial score (nSPS) is 13.2. The maximum Gasteiger partial charge on any atom is 0.218 e. The van der Waals surface area contributed by atoms with Crippen molar-refractivity contribution in [3.63, 3.8) is 0 Å². The van der Waals surface area contributed by atoms with Crippen molar-refractivity contribution in [1.82, 2.24) is 9.97 Å². The third-order valence-corrected chi connectivity index (χ3v) is 3.09. The minimum Gasteiger partial charge on any atom is -0.478 e. The van der Waals surface area contributed by atoms with E-state index in [1.165, 1.54) is 0 Å². The Morgan fingerprint density at radius 2 is 2.05 bits per heavy atom. The van der Waals surface area contributed by atoms with Crippen LogP contribution in [0.5, 0.6) is 5.88 Å². The van der Waals surface area contributed by atoms with E-state index in [9.17, 15) is 0 Å². The third kappa shape index (κ3) is 5.23. The second-order valence-corrected chi connectivity index (χ2v) is 5.99. The van der Waals surface area contributed by atoms with E-state index in [-0.39, 0.29) is 11.5 Å². The quantitative estimate of drug-likeness (QED) is 0.811. The number of halogens is 1. The fraction of sp³-hybridized carbons (Fsp3) is 0.714. The fourth-order valence-corrected chi connectivity index (χ4v) is 2.06. The Hall–Kier alpha value is -1.03. The van der Waals surface area contributed by atoms with Gasteiger partial charge in [0.25, 0.3) is 0 Å². The largest absolute Gasteiger partial charge is 0.478 e. The molecular weight excluding hydrogens is 262 g/mol. The topological polar surface area (TPSA) is 47.0 Å². The van der Waals surface area contributed by atoms with Crippen LogP contribution >= 0.6 is 11.6 Å². The summed E-state index contributed by atoms with van der Waals surface area (Å²) in [5.41, 5.74) is 0.111.